The van der Waals surface area contributed by atoms with Gasteiger partial charge in [0.1, 0.15) is 23.3 Å². The molecule has 0 spiro atoms. The van der Waals surface area contributed by atoms with E-state index in [4.69, 9.17) is 9.47 Å². The molecule has 0 aliphatic rings. The molecule has 0 saturated carbocycles. The fraction of sp³-hybridized carbons (Fsp3) is 0.227. The Morgan fingerprint density at radius 3 is 2.43 bits per heavy atom. The highest BCUT2D eigenvalue weighted by Gasteiger charge is 2.17. The van der Waals surface area contributed by atoms with Gasteiger partial charge in [-0.1, -0.05) is 23.9 Å². The minimum atomic E-state index is -0.265. The van der Waals surface area contributed by atoms with Gasteiger partial charge in [-0.15, -0.1) is 0 Å². The first-order valence-electron chi connectivity index (χ1n) is 9.16. The van der Waals surface area contributed by atoms with E-state index in [1.165, 1.54) is 23.9 Å². The number of methoxy groups -OCH3 is 2. The summed E-state index contributed by atoms with van der Waals surface area (Å²) < 4.78 is 23.7. The lowest BCUT2D eigenvalue weighted by atomic mass is 10.1. The lowest BCUT2D eigenvalue weighted by Gasteiger charge is -2.14. The molecule has 1 heterocycles. The van der Waals surface area contributed by atoms with Crippen LogP contribution in [0, 0.1) is 17.1 Å². The smallest absolute Gasteiger partial charge is 0.189 e. The van der Waals surface area contributed by atoms with E-state index in [0.29, 0.717) is 46.7 Å². The quantitative estimate of drug-likeness (QED) is 0.420. The van der Waals surface area contributed by atoms with Gasteiger partial charge in [-0.2, -0.15) is 5.26 Å². The highest BCUT2D eigenvalue weighted by Crippen LogP contribution is 2.34. The Labute approximate surface area is 179 Å². The molecule has 0 unspecified atom stereocenters. The average Bonchev–Trinajstić information content (AvgIpc) is 2.79. The average molecular weight is 425 g/mol. The van der Waals surface area contributed by atoms with Gasteiger partial charge in [-0.3, -0.25) is 0 Å². The number of nitrogens with one attached hydrogen (secondary N) is 1. The molecule has 1 N–H and O–H groups in total. The van der Waals surface area contributed by atoms with E-state index in [9.17, 15) is 9.65 Å². The van der Waals surface area contributed by atoms with Gasteiger partial charge >= 0.3 is 0 Å². The van der Waals surface area contributed by atoms with Crippen LogP contribution in [0.3, 0.4) is 0 Å². The zero-order valence-electron chi connectivity index (χ0n) is 16.9. The van der Waals surface area contributed by atoms with Gasteiger partial charge in [0.25, 0.3) is 0 Å². The second-order valence-corrected chi connectivity index (χ2v) is 7.04. The topological polar surface area (TPSA) is 80.1 Å². The maximum absolute atomic E-state index is 13.1. The van der Waals surface area contributed by atoms with Crippen molar-refractivity contribution in [3.63, 3.8) is 0 Å². The van der Waals surface area contributed by atoms with Crippen LogP contribution in [0.1, 0.15) is 11.1 Å². The van der Waals surface area contributed by atoms with Gasteiger partial charge in [0.05, 0.1) is 19.9 Å². The molecule has 6 nitrogen and oxygen atoms in total. The van der Waals surface area contributed by atoms with Crippen molar-refractivity contribution in [3.8, 4) is 28.8 Å². The number of aromatic nitrogens is 2. The number of anilines is 1. The zero-order chi connectivity index (χ0) is 21.5. The summed E-state index contributed by atoms with van der Waals surface area (Å²) in [5.74, 6) is 1.34. The number of rotatable bonds is 8. The van der Waals surface area contributed by atoms with Gasteiger partial charge in [0, 0.05) is 12.1 Å². The Morgan fingerprint density at radius 1 is 1.07 bits per heavy atom. The third kappa shape index (κ3) is 4.81. The highest BCUT2D eigenvalue weighted by molar-refractivity contribution is 7.98. The summed E-state index contributed by atoms with van der Waals surface area (Å²) in [6.07, 6.45) is 2.54. The predicted octanol–water partition coefficient (Wildman–Crippen LogP) is 4.55. The molecular weight excluding hydrogens is 403 g/mol. The van der Waals surface area contributed by atoms with Crippen molar-refractivity contribution in [3.05, 3.63) is 59.4 Å². The van der Waals surface area contributed by atoms with Gasteiger partial charge in [-0.05, 0) is 48.6 Å². The Balaban J connectivity index is 1.93. The van der Waals surface area contributed by atoms with Crippen LogP contribution in [0.4, 0.5) is 10.2 Å². The number of nitriles is 1. The SMILES string of the molecule is COc1ccc(-c2nc(SC)nc(NCCc3ccc(F)cc3)c2C#N)cc1OC. The van der Waals surface area contributed by atoms with E-state index >= 15 is 0 Å². The maximum atomic E-state index is 13.1. The molecule has 0 aliphatic carbocycles. The number of nitrogens with zero attached hydrogens (tertiary/aromatic N) is 3. The molecule has 1 aromatic heterocycles. The maximum Gasteiger partial charge on any atom is 0.189 e. The summed E-state index contributed by atoms with van der Waals surface area (Å²) in [5, 5.41) is 13.6. The summed E-state index contributed by atoms with van der Waals surface area (Å²) in [4.78, 5) is 9.02. The first-order valence-corrected chi connectivity index (χ1v) is 10.4. The summed E-state index contributed by atoms with van der Waals surface area (Å²) in [6, 6.07) is 14.0. The first kappa shape index (κ1) is 21.4. The number of halogens is 1. The molecule has 0 amide bonds. The van der Waals surface area contributed by atoms with Crippen LogP contribution in [0.2, 0.25) is 0 Å². The molecule has 0 saturated heterocycles. The van der Waals surface area contributed by atoms with Crippen LogP contribution in [-0.4, -0.2) is 37.0 Å². The van der Waals surface area contributed by atoms with E-state index in [1.807, 2.05) is 12.3 Å². The van der Waals surface area contributed by atoms with E-state index in [2.05, 4.69) is 21.4 Å². The fourth-order valence-electron chi connectivity index (χ4n) is 2.93. The molecule has 2 aromatic carbocycles. The summed E-state index contributed by atoms with van der Waals surface area (Å²) in [7, 11) is 3.13. The summed E-state index contributed by atoms with van der Waals surface area (Å²) >= 11 is 1.39. The summed E-state index contributed by atoms with van der Waals surface area (Å²) in [5.41, 5.74) is 2.58. The van der Waals surface area contributed by atoms with Crippen LogP contribution in [-0.2, 0) is 6.42 Å². The first-order chi connectivity index (χ1) is 14.6. The van der Waals surface area contributed by atoms with E-state index < -0.39 is 0 Å². The second kappa shape index (κ2) is 9.94. The molecule has 0 atom stereocenters. The Kier molecular flexibility index (Phi) is 7.09. The van der Waals surface area contributed by atoms with E-state index in [1.54, 1.807) is 38.5 Å². The van der Waals surface area contributed by atoms with Gasteiger partial charge < -0.3 is 14.8 Å². The van der Waals surface area contributed by atoms with Crippen molar-refractivity contribution in [1.82, 2.24) is 9.97 Å². The van der Waals surface area contributed by atoms with Gasteiger partial charge in [-0.25, -0.2) is 14.4 Å². The largest absolute Gasteiger partial charge is 0.493 e. The number of benzene rings is 2. The van der Waals surface area contributed by atoms with Crippen LogP contribution in [0.25, 0.3) is 11.3 Å². The van der Waals surface area contributed by atoms with Gasteiger partial charge in [0.15, 0.2) is 16.7 Å². The molecule has 3 aromatic rings. The number of thioether (sulfide) groups is 1. The minimum Gasteiger partial charge on any atom is -0.493 e. The standard InChI is InChI=1S/C22H21FN4O2S/c1-28-18-9-6-15(12-19(18)29-2)20-17(13-24)21(27-22(26-20)30-3)25-11-10-14-4-7-16(23)8-5-14/h4-9,12H,10-11H2,1-3H3,(H,25,26,27). The highest BCUT2D eigenvalue weighted by atomic mass is 32.2. The molecule has 0 fully saturated rings. The van der Waals surface area contributed by atoms with Crippen molar-refractivity contribution in [2.24, 2.45) is 0 Å². The summed E-state index contributed by atoms with van der Waals surface area (Å²) in [6.45, 7) is 0.538. The van der Waals surface area contributed by atoms with Crippen LogP contribution >= 0.6 is 11.8 Å². The van der Waals surface area contributed by atoms with Crippen molar-refractivity contribution in [2.75, 3.05) is 32.3 Å². The Hall–Kier alpha value is -3.31. The normalized spacial score (nSPS) is 10.4. The lowest BCUT2D eigenvalue weighted by Crippen LogP contribution is -2.10. The predicted molar refractivity (Wildman–Crippen MR) is 116 cm³/mol. The molecule has 154 valence electrons. The van der Waals surface area contributed by atoms with Gasteiger partial charge in [0.2, 0.25) is 0 Å². The molecule has 3 rings (SSSR count). The minimum absolute atomic E-state index is 0.265. The third-order valence-electron chi connectivity index (χ3n) is 4.46. The molecule has 30 heavy (non-hydrogen) atoms. The van der Waals surface area contributed by atoms with Crippen LogP contribution in [0.5, 0.6) is 11.5 Å². The van der Waals surface area contributed by atoms with E-state index in [-0.39, 0.29) is 5.82 Å². The molecule has 0 aliphatic heterocycles. The van der Waals surface area contributed by atoms with Crippen molar-refractivity contribution < 1.29 is 13.9 Å². The fourth-order valence-corrected chi connectivity index (χ4v) is 3.30. The van der Waals surface area contributed by atoms with Crippen molar-refractivity contribution in [2.45, 2.75) is 11.6 Å². The number of ether oxygens (including phenoxy) is 2. The number of hydrogen-bond donors (Lipinski definition) is 1. The lowest BCUT2D eigenvalue weighted by molar-refractivity contribution is 0.355. The van der Waals surface area contributed by atoms with Crippen LogP contribution in [0.15, 0.2) is 47.6 Å². The van der Waals surface area contributed by atoms with Crippen LogP contribution < -0.4 is 14.8 Å². The Bertz CT molecular complexity index is 1070. The van der Waals surface area contributed by atoms with Crippen molar-refractivity contribution in [1.29, 1.82) is 5.26 Å². The Morgan fingerprint density at radius 2 is 1.80 bits per heavy atom. The third-order valence-corrected chi connectivity index (χ3v) is 5.01. The number of hydrogen-bond acceptors (Lipinski definition) is 7. The zero-order valence-corrected chi connectivity index (χ0v) is 17.7. The van der Waals surface area contributed by atoms with Crippen molar-refractivity contribution >= 4 is 17.6 Å². The monoisotopic (exact) mass is 424 g/mol. The van der Waals surface area contributed by atoms with E-state index in [0.717, 1.165) is 11.1 Å². The molecular formula is C22H21FN4O2S. The second-order valence-electron chi connectivity index (χ2n) is 6.27. The molecule has 8 heteroatoms. The molecule has 0 radical (unpaired) electrons. The molecule has 0 bridgehead atoms.